The smallest absolute Gasteiger partial charge is 0.333 e. The minimum Gasteiger partial charge on any atom is -0.456 e. The topological polar surface area (TPSA) is 177 Å². The van der Waals surface area contributed by atoms with Crippen molar-refractivity contribution in [3.8, 4) is 0 Å². The van der Waals surface area contributed by atoms with Gasteiger partial charge in [-0.2, -0.15) is 0 Å². The maximum atomic E-state index is 13.6. The molecule has 276 valence electrons. The van der Waals surface area contributed by atoms with Crippen molar-refractivity contribution in [2.24, 2.45) is 22.7 Å². The molecule has 3 heterocycles. The van der Waals surface area contributed by atoms with Crippen LogP contribution in [-0.2, 0) is 33.3 Å². The molecule has 0 aromatic heterocycles. The zero-order valence-corrected chi connectivity index (χ0v) is 30.6. The van der Waals surface area contributed by atoms with Crippen LogP contribution in [0.15, 0.2) is 16.6 Å². The van der Waals surface area contributed by atoms with Gasteiger partial charge in [-0.25, -0.2) is 9.79 Å². The molecular weight excluding hydrogens is 624 g/mol. The average Bonchev–Trinajstić information content (AvgIpc) is 3.01. The fourth-order valence-electron chi connectivity index (χ4n) is 7.66. The van der Waals surface area contributed by atoms with Gasteiger partial charge < -0.3 is 49.0 Å². The highest BCUT2D eigenvalue weighted by Gasteiger charge is 2.52. The van der Waals surface area contributed by atoms with Crippen LogP contribution in [0.5, 0.6) is 0 Å². The number of aliphatic hydroxyl groups is 4. The third-order valence-corrected chi connectivity index (χ3v) is 10.2. The second-order valence-corrected chi connectivity index (χ2v) is 15.0. The van der Waals surface area contributed by atoms with E-state index in [0.29, 0.717) is 12.1 Å². The number of carbonyl (C=O) groups excluding carboxylic acids is 2. The van der Waals surface area contributed by atoms with Gasteiger partial charge in [0.25, 0.3) is 0 Å². The molecule has 0 radical (unpaired) electrons. The van der Waals surface area contributed by atoms with Gasteiger partial charge in [0.2, 0.25) is 5.91 Å². The van der Waals surface area contributed by atoms with Crippen LogP contribution in [0.25, 0.3) is 0 Å². The van der Waals surface area contributed by atoms with Crippen LogP contribution < -0.4 is 0 Å². The van der Waals surface area contributed by atoms with E-state index in [0.717, 1.165) is 0 Å². The molecule has 0 aromatic carbocycles. The number of aliphatic imine (C=N–C) groups is 1. The second kappa shape index (κ2) is 16.0. The largest absolute Gasteiger partial charge is 0.456 e. The van der Waals surface area contributed by atoms with Crippen molar-refractivity contribution in [1.29, 1.82) is 0 Å². The second-order valence-electron chi connectivity index (χ2n) is 15.0. The number of esters is 1. The molecule has 1 amide bonds. The number of ether oxygens (including phenoxy) is 5. The Morgan fingerprint density at radius 2 is 1.79 bits per heavy atom. The van der Waals surface area contributed by atoms with Gasteiger partial charge in [0, 0.05) is 36.1 Å². The summed E-state index contributed by atoms with van der Waals surface area (Å²) < 4.78 is 31.7. The van der Waals surface area contributed by atoms with Crippen molar-refractivity contribution in [3.05, 3.63) is 11.6 Å². The molecule has 0 spiro atoms. The molecule has 2 bridgehead atoms. The summed E-state index contributed by atoms with van der Waals surface area (Å²) in [5, 5.41) is 45.6. The van der Waals surface area contributed by atoms with E-state index < -0.39 is 90.4 Å². The first-order valence-corrected chi connectivity index (χ1v) is 17.1. The van der Waals surface area contributed by atoms with Gasteiger partial charge in [-0.1, -0.05) is 33.8 Å². The van der Waals surface area contributed by atoms with Gasteiger partial charge in [0.05, 0.1) is 43.7 Å². The number of nitrogens with zero attached hydrogens (tertiary/aromatic N) is 2. The lowest BCUT2D eigenvalue weighted by Gasteiger charge is -2.47. The van der Waals surface area contributed by atoms with Crippen molar-refractivity contribution in [3.63, 3.8) is 0 Å². The lowest BCUT2D eigenvalue weighted by atomic mass is 9.74. The Bertz CT molecular complexity index is 1190. The quantitative estimate of drug-likeness (QED) is 0.311. The SMILES string of the molecule is CC[C@H]1OC(=O)/C(C)=C\[C@H](C)[C@@H](O[C@@H]2O[C@H](C)C[C@H](N(C)C)[C@H]2O)[C@@]2(C)C[C@@H](C)C(=NC(C)=O)[C@H](C)[C@H](OCC(O)(CO)CO2)[C@]1(C)O. The molecule has 0 aliphatic carbocycles. The van der Waals surface area contributed by atoms with E-state index in [9.17, 15) is 30.0 Å². The standard InChI is InChI=1S/C35H60N2O11/c1-12-26-34(9,42)30-23(6)27(36-24(7)39)21(4)15-33(8,45-18-35(43,16-38)17-44-30)29(19(2)13-20(3)31(41)47-26)48-32-28(40)25(37(10)11)14-22(5)46-32/h13,19,21-23,25-26,28-30,32,38,40,42-43H,12,14-18H2,1-11H3/b20-13-,36-27?/t19-,21+,22+,23-,25-,26+,28+,29+,30-,32-,33+,34+,35?/m0/s1. The molecule has 4 N–H and O–H groups in total. The van der Waals surface area contributed by atoms with Crippen LogP contribution in [0, 0.1) is 17.8 Å². The van der Waals surface area contributed by atoms with Crippen molar-refractivity contribution >= 4 is 17.6 Å². The van der Waals surface area contributed by atoms with E-state index >= 15 is 0 Å². The van der Waals surface area contributed by atoms with Gasteiger partial charge in [0.1, 0.15) is 23.4 Å². The molecule has 2 fully saturated rings. The van der Waals surface area contributed by atoms with Crippen LogP contribution in [0.4, 0.5) is 0 Å². The van der Waals surface area contributed by atoms with Gasteiger partial charge in [0.15, 0.2) is 6.29 Å². The predicted octanol–water partition coefficient (Wildman–Crippen LogP) is 2.01. The number of rotatable bonds is 5. The number of likely N-dealkylation sites (N-methyl/N-ethyl adjacent to an activating group) is 1. The van der Waals surface area contributed by atoms with E-state index in [4.69, 9.17) is 23.7 Å². The third-order valence-electron chi connectivity index (χ3n) is 10.2. The maximum absolute atomic E-state index is 13.6. The van der Waals surface area contributed by atoms with Crippen molar-refractivity contribution in [2.75, 3.05) is 33.9 Å². The van der Waals surface area contributed by atoms with Crippen LogP contribution in [0.2, 0.25) is 0 Å². The summed E-state index contributed by atoms with van der Waals surface area (Å²) in [6, 6.07) is -0.262. The van der Waals surface area contributed by atoms with E-state index in [1.54, 1.807) is 33.8 Å². The number of hydrogen-bond donors (Lipinski definition) is 4. The van der Waals surface area contributed by atoms with E-state index in [-0.39, 0.29) is 37.2 Å². The first-order valence-electron chi connectivity index (χ1n) is 17.1. The Hall–Kier alpha value is -1.81. The van der Waals surface area contributed by atoms with Crippen LogP contribution in [-0.4, -0.2) is 136 Å². The zero-order valence-electron chi connectivity index (χ0n) is 30.6. The highest BCUT2D eigenvalue weighted by Crippen LogP contribution is 2.40. The first kappa shape index (κ1) is 40.6. The molecule has 13 nitrogen and oxygen atoms in total. The fraction of sp³-hybridized carbons (Fsp3) is 0.857. The minimum absolute atomic E-state index is 0.193. The van der Waals surface area contributed by atoms with Crippen LogP contribution in [0.3, 0.4) is 0 Å². The average molecular weight is 685 g/mol. The number of carbonyl (C=O) groups is 2. The Morgan fingerprint density at radius 1 is 1.15 bits per heavy atom. The number of aliphatic hydroxyl groups excluding tert-OH is 2. The molecule has 3 rings (SSSR count). The molecule has 3 aliphatic heterocycles. The van der Waals surface area contributed by atoms with E-state index in [2.05, 4.69) is 4.99 Å². The summed E-state index contributed by atoms with van der Waals surface area (Å²) in [5.41, 5.74) is -4.33. The summed E-state index contributed by atoms with van der Waals surface area (Å²) in [6.07, 6.45) is -2.73. The minimum atomic E-state index is -1.91. The molecule has 13 atom stereocenters. The fourth-order valence-corrected chi connectivity index (χ4v) is 7.66. The van der Waals surface area contributed by atoms with Crippen LogP contribution in [0.1, 0.15) is 81.6 Å². The summed E-state index contributed by atoms with van der Waals surface area (Å²) in [4.78, 5) is 32.5. The highest BCUT2D eigenvalue weighted by atomic mass is 16.7. The first-order chi connectivity index (χ1) is 22.2. The molecule has 48 heavy (non-hydrogen) atoms. The Morgan fingerprint density at radius 3 is 2.35 bits per heavy atom. The monoisotopic (exact) mass is 684 g/mol. The van der Waals surface area contributed by atoms with Gasteiger partial charge >= 0.3 is 5.97 Å². The highest BCUT2D eigenvalue weighted by molar-refractivity contribution is 5.97. The molecule has 2 saturated heterocycles. The summed E-state index contributed by atoms with van der Waals surface area (Å²) in [7, 11) is 3.76. The Kier molecular flexibility index (Phi) is 13.6. The number of fused-ring (bicyclic) bond motifs is 5. The molecule has 13 heteroatoms. The molecular formula is C35H60N2O11. The van der Waals surface area contributed by atoms with Crippen molar-refractivity contribution in [1.82, 2.24) is 4.90 Å². The van der Waals surface area contributed by atoms with Crippen molar-refractivity contribution < 1.29 is 53.7 Å². The molecule has 3 aliphatic rings. The van der Waals surface area contributed by atoms with Gasteiger partial charge in [-0.05, 0) is 67.0 Å². The molecule has 0 aromatic rings. The zero-order chi connectivity index (χ0) is 36.4. The van der Waals surface area contributed by atoms with Gasteiger partial charge in [-0.15, -0.1) is 0 Å². The van der Waals surface area contributed by atoms with E-state index in [1.807, 2.05) is 39.8 Å². The molecule has 0 saturated carbocycles. The normalized spacial score (nSPS) is 45.8. The number of hydrogen-bond acceptors (Lipinski definition) is 12. The lowest BCUT2D eigenvalue weighted by molar-refractivity contribution is -0.300. The number of amides is 1. The van der Waals surface area contributed by atoms with Crippen molar-refractivity contribution in [2.45, 2.75) is 141 Å². The summed E-state index contributed by atoms with van der Waals surface area (Å²) in [6.45, 7) is 13.9. The molecule has 1 unspecified atom stereocenters. The summed E-state index contributed by atoms with van der Waals surface area (Å²) in [5.74, 6) is -2.85. The Labute approximate surface area is 285 Å². The Balaban J connectivity index is 2.33. The maximum Gasteiger partial charge on any atom is 0.333 e. The van der Waals surface area contributed by atoms with Gasteiger partial charge in [-0.3, -0.25) is 4.79 Å². The number of cyclic esters (lactones) is 1. The summed E-state index contributed by atoms with van der Waals surface area (Å²) >= 11 is 0. The lowest BCUT2D eigenvalue weighted by Crippen LogP contribution is -2.59. The third kappa shape index (κ3) is 9.10. The van der Waals surface area contributed by atoms with E-state index in [1.165, 1.54) is 13.8 Å². The van der Waals surface area contributed by atoms with Crippen LogP contribution >= 0.6 is 0 Å². The predicted molar refractivity (Wildman–Crippen MR) is 178 cm³/mol.